The first kappa shape index (κ1) is 26.1. The fourth-order valence-corrected chi connectivity index (χ4v) is 5.90. The van der Waals surface area contributed by atoms with E-state index in [9.17, 15) is 0 Å². The lowest BCUT2D eigenvalue weighted by Crippen LogP contribution is -2.38. The van der Waals surface area contributed by atoms with Crippen molar-refractivity contribution in [1.82, 2.24) is 4.98 Å². The van der Waals surface area contributed by atoms with E-state index in [1.54, 1.807) is 18.4 Å². The van der Waals surface area contributed by atoms with Gasteiger partial charge in [-0.3, -0.25) is 0 Å². The van der Waals surface area contributed by atoms with Gasteiger partial charge in [-0.05, 0) is 60.0 Å². The molecule has 1 unspecified atom stereocenters. The highest BCUT2D eigenvalue weighted by Crippen LogP contribution is 2.32. The number of thiazole rings is 1. The summed E-state index contributed by atoms with van der Waals surface area (Å²) in [5.74, 6) is 1.72. The van der Waals surface area contributed by atoms with Gasteiger partial charge in [-0.15, -0.1) is 11.3 Å². The zero-order valence-electron chi connectivity index (χ0n) is 21.9. The molecular weight excluding hydrogens is 482 g/mol. The summed E-state index contributed by atoms with van der Waals surface area (Å²) >= 11 is 1.68. The van der Waals surface area contributed by atoms with E-state index in [-0.39, 0.29) is 11.5 Å². The van der Waals surface area contributed by atoms with Crippen LogP contribution < -0.4 is 9.47 Å². The Morgan fingerprint density at radius 2 is 1.50 bits per heavy atom. The highest BCUT2D eigenvalue weighted by Gasteiger charge is 2.27. The molecule has 0 N–H and O–H groups in total. The Bertz CT molecular complexity index is 1310. The predicted molar refractivity (Wildman–Crippen MR) is 156 cm³/mol. The fourth-order valence-electron chi connectivity index (χ4n) is 3.75. The van der Waals surface area contributed by atoms with E-state index >= 15 is 0 Å². The van der Waals surface area contributed by atoms with Crippen molar-refractivity contribution in [1.29, 1.82) is 0 Å². The van der Waals surface area contributed by atoms with E-state index < -0.39 is 9.04 Å². The molecule has 1 atom stereocenters. The summed E-state index contributed by atoms with van der Waals surface area (Å²) in [5, 5.41) is 1.01. The van der Waals surface area contributed by atoms with E-state index in [4.69, 9.17) is 18.9 Å². The Balaban J connectivity index is 1.37. The SMILES string of the molecule is COc1ccc2nc(-c3ccc(C=Cc4ccc(OCC(O[SiH](C)C)C(C)(C)C)cc4)cc3)sc2c1. The first-order valence-corrected chi connectivity index (χ1v) is 15.9. The van der Waals surface area contributed by atoms with Gasteiger partial charge in [-0.2, -0.15) is 0 Å². The first-order chi connectivity index (χ1) is 17.2. The average molecular weight is 518 g/mol. The summed E-state index contributed by atoms with van der Waals surface area (Å²) in [6, 6.07) is 22.7. The molecule has 0 saturated heterocycles. The Morgan fingerprint density at radius 1 is 0.889 bits per heavy atom. The normalized spacial score (nSPS) is 13.0. The fraction of sp³-hybridized carbons (Fsp3) is 0.300. The highest BCUT2D eigenvalue weighted by molar-refractivity contribution is 7.21. The van der Waals surface area contributed by atoms with Crippen LogP contribution in [-0.2, 0) is 4.43 Å². The van der Waals surface area contributed by atoms with Gasteiger partial charge in [-0.25, -0.2) is 4.98 Å². The maximum atomic E-state index is 6.20. The molecule has 0 saturated carbocycles. The lowest BCUT2D eigenvalue weighted by atomic mass is 9.90. The topological polar surface area (TPSA) is 40.6 Å². The number of hydrogen-bond donors (Lipinski definition) is 0. The number of benzene rings is 3. The molecule has 3 aromatic carbocycles. The molecule has 0 aliphatic heterocycles. The summed E-state index contributed by atoms with van der Waals surface area (Å²) < 4.78 is 18.7. The molecule has 1 aromatic heterocycles. The summed E-state index contributed by atoms with van der Waals surface area (Å²) in [6.45, 7) is 11.6. The minimum Gasteiger partial charge on any atom is -0.497 e. The maximum absolute atomic E-state index is 6.20. The van der Waals surface area contributed by atoms with Gasteiger partial charge >= 0.3 is 0 Å². The minimum atomic E-state index is -1.13. The van der Waals surface area contributed by atoms with Crippen LogP contribution in [0.5, 0.6) is 11.5 Å². The van der Waals surface area contributed by atoms with E-state index in [1.807, 2.05) is 30.3 Å². The standard InChI is InChI=1S/C30H35NO3SSi/c1-30(2,3)28(34-36(5)6)20-33-24-15-11-22(12-16-24)8-7-21-9-13-23(14-10-21)29-31-26-18-17-25(32-4)19-27(26)35-29/h7-19,28,36H,20H2,1-6H3. The van der Waals surface area contributed by atoms with Crippen LogP contribution >= 0.6 is 11.3 Å². The maximum Gasteiger partial charge on any atom is 0.171 e. The van der Waals surface area contributed by atoms with Crippen molar-refractivity contribution >= 4 is 42.7 Å². The van der Waals surface area contributed by atoms with Crippen LogP contribution in [-0.4, -0.2) is 33.8 Å². The van der Waals surface area contributed by atoms with Gasteiger partial charge in [0.1, 0.15) is 23.1 Å². The lowest BCUT2D eigenvalue weighted by molar-refractivity contribution is 0.0412. The molecule has 6 heteroatoms. The van der Waals surface area contributed by atoms with Crippen LogP contribution in [0.15, 0.2) is 66.7 Å². The summed E-state index contributed by atoms with van der Waals surface area (Å²) in [6.07, 6.45) is 4.34. The molecule has 0 bridgehead atoms. The molecule has 4 aromatic rings. The van der Waals surface area contributed by atoms with Gasteiger partial charge < -0.3 is 13.9 Å². The molecule has 0 spiro atoms. The van der Waals surface area contributed by atoms with Crippen molar-refractivity contribution in [2.24, 2.45) is 5.41 Å². The molecule has 188 valence electrons. The average Bonchev–Trinajstić information content (AvgIpc) is 3.28. The Kier molecular flexibility index (Phi) is 8.29. The molecule has 0 amide bonds. The molecule has 4 rings (SSSR count). The van der Waals surface area contributed by atoms with Crippen molar-refractivity contribution in [3.8, 4) is 22.1 Å². The Hall–Kier alpha value is -2.93. The predicted octanol–water partition coefficient (Wildman–Crippen LogP) is 7.94. The quantitative estimate of drug-likeness (QED) is 0.167. The third-order valence-electron chi connectivity index (χ3n) is 5.91. The largest absolute Gasteiger partial charge is 0.497 e. The summed E-state index contributed by atoms with van der Waals surface area (Å²) in [5.41, 5.74) is 4.44. The van der Waals surface area contributed by atoms with Crippen LogP contribution in [0.3, 0.4) is 0 Å². The summed E-state index contributed by atoms with van der Waals surface area (Å²) in [4.78, 5) is 4.77. The van der Waals surface area contributed by atoms with Crippen LogP contribution in [0.2, 0.25) is 13.1 Å². The molecule has 0 radical (unpaired) electrons. The first-order valence-electron chi connectivity index (χ1n) is 12.3. The van der Waals surface area contributed by atoms with Crippen LogP contribution in [0.1, 0.15) is 31.9 Å². The van der Waals surface area contributed by atoms with Crippen molar-refractivity contribution in [2.45, 2.75) is 40.0 Å². The van der Waals surface area contributed by atoms with Crippen LogP contribution in [0.25, 0.3) is 32.9 Å². The van der Waals surface area contributed by atoms with Gasteiger partial charge in [-0.1, -0.05) is 69.3 Å². The summed E-state index contributed by atoms with van der Waals surface area (Å²) in [7, 11) is 0.556. The van der Waals surface area contributed by atoms with Crippen molar-refractivity contribution in [2.75, 3.05) is 13.7 Å². The number of rotatable bonds is 9. The second-order valence-corrected chi connectivity index (χ2v) is 13.6. The molecule has 4 nitrogen and oxygen atoms in total. The van der Waals surface area contributed by atoms with Crippen LogP contribution in [0.4, 0.5) is 0 Å². The van der Waals surface area contributed by atoms with E-state index in [1.165, 1.54) is 0 Å². The second kappa shape index (κ2) is 11.4. The highest BCUT2D eigenvalue weighted by atomic mass is 32.1. The van der Waals surface area contributed by atoms with Crippen LogP contribution in [0, 0.1) is 5.41 Å². The van der Waals surface area contributed by atoms with Crippen molar-refractivity contribution in [3.63, 3.8) is 0 Å². The monoisotopic (exact) mass is 517 g/mol. The number of hydrogen-bond acceptors (Lipinski definition) is 5. The number of nitrogens with zero attached hydrogens (tertiary/aromatic N) is 1. The second-order valence-electron chi connectivity index (χ2n) is 10.2. The number of ether oxygens (including phenoxy) is 2. The number of fused-ring (bicyclic) bond motifs is 1. The third-order valence-corrected chi connectivity index (χ3v) is 7.85. The minimum absolute atomic E-state index is 0.0517. The van der Waals surface area contributed by atoms with Gasteiger partial charge in [0, 0.05) is 5.56 Å². The van der Waals surface area contributed by atoms with Gasteiger partial charge in [0.15, 0.2) is 9.04 Å². The van der Waals surface area contributed by atoms with E-state index in [2.05, 4.69) is 82.4 Å². The number of aromatic nitrogens is 1. The van der Waals surface area contributed by atoms with Crippen molar-refractivity contribution in [3.05, 3.63) is 77.9 Å². The van der Waals surface area contributed by atoms with Crippen molar-refractivity contribution < 1.29 is 13.9 Å². The third kappa shape index (κ3) is 6.84. The molecule has 1 heterocycles. The Morgan fingerprint density at radius 3 is 2.08 bits per heavy atom. The molecular formula is C30H35NO3SSi. The molecule has 36 heavy (non-hydrogen) atoms. The molecule has 0 fully saturated rings. The van der Waals surface area contributed by atoms with E-state index in [0.29, 0.717) is 6.61 Å². The van der Waals surface area contributed by atoms with Gasteiger partial charge in [0.05, 0.1) is 23.4 Å². The molecule has 0 aliphatic rings. The zero-order chi connectivity index (χ0) is 25.7. The Labute approximate surface area is 220 Å². The van der Waals surface area contributed by atoms with E-state index in [0.717, 1.165) is 43.4 Å². The van der Waals surface area contributed by atoms with Gasteiger partial charge in [0.25, 0.3) is 0 Å². The molecule has 0 aliphatic carbocycles. The smallest absolute Gasteiger partial charge is 0.171 e. The van der Waals surface area contributed by atoms with Gasteiger partial charge in [0.2, 0.25) is 0 Å². The number of methoxy groups -OCH3 is 1. The lowest BCUT2D eigenvalue weighted by Gasteiger charge is -2.32. The zero-order valence-corrected chi connectivity index (χ0v) is 23.9.